The molecule has 1 N–H and O–H groups in total. The Morgan fingerprint density at radius 2 is 2.00 bits per heavy atom. The fourth-order valence-corrected chi connectivity index (χ4v) is 2.07. The summed E-state index contributed by atoms with van der Waals surface area (Å²) in [6.07, 6.45) is 7.11. The normalized spacial score (nSPS) is 10.3. The zero-order valence-electron chi connectivity index (χ0n) is 13.1. The molecule has 0 unspecified atom stereocenters. The number of rotatable bonds is 7. The first-order valence-corrected chi connectivity index (χ1v) is 7.55. The van der Waals surface area contributed by atoms with Gasteiger partial charge in [0.05, 0.1) is 0 Å². The number of carbonyl (C=O) groups excluding carboxylic acids is 1. The standard InChI is InChI=1S/C17H22N4O/c1-3-8-20-17(22)15-6-11-19-16(13-15)21(2)12-7-14-4-9-18-10-5-14/h4-6,9-11,13H,3,7-8,12H2,1-2H3,(H,20,22). The minimum absolute atomic E-state index is 0.0481. The van der Waals surface area contributed by atoms with Crippen LogP contribution in [0.5, 0.6) is 0 Å². The molecule has 0 atom stereocenters. The summed E-state index contributed by atoms with van der Waals surface area (Å²) < 4.78 is 0. The number of carbonyl (C=O) groups is 1. The summed E-state index contributed by atoms with van der Waals surface area (Å²) in [6, 6.07) is 7.59. The van der Waals surface area contributed by atoms with Gasteiger partial charge in [-0.3, -0.25) is 9.78 Å². The topological polar surface area (TPSA) is 58.1 Å². The van der Waals surface area contributed by atoms with Crippen molar-refractivity contribution in [2.24, 2.45) is 0 Å². The summed E-state index contributed by atoms with van der Waals surface area (Å²) in [4.78, 5) is 22.4. The van der Waals surface area contributed by atoms with Gasteiger partial charge in [-0.1, -0.05) is 6.92 Å². The van der Waals surface area contributed by atoms with Crippen molar-refractivity contribution in [1.29, 1.82) is 0 Å². The fourth-order valence-electron chi connectivity index (χ4n) is 2.07. The highest BCUT2D eigenvalue weighted by atomic mass is 16.1. The van der Waals surface area contributed by atoms with Crippen LogP contribution in [0.4, 0.5) is 5.82 Å². The van der Waals surface area contributed by atoms with E-state index >= 15 is 0 Å². The van der Waals surface area contributed by atoms with Gasteiger partial charge in [0.1, 0.15) is 5.82 Å². The lowest BCUT2D eigenvalue weighted by atomic mass is 10.2. The molecule has 2 aromatic heterocycles. The highest BCUT2D eigenvalue weighted by molar-refractivity contribution is 5.94. The molecule has 0 aromatic carbocycles. The predicted molar refractivity (Wildman–Crippen MR) is 88.1 cm³/mol. The van der Waals surface area contributed by atoms with Crippen molar-refractivity contribution < 1.29 is 4.79 Å². The number of likely N-dealkylation sites (N-methyl/N-ethyl adjacent to an activating group) is 1. The Kier molecular flexibility index (Phi) is 5.89. The van der Waals surface area contributed by atoms with Crippen LogP contribution in [-0.4, -0.2) is 36.0 Å². The smallest absolute Gasteiger partial charge is 0.251 e. The Hall–Kier alpha value is -2.43. The molecule has 116 valence electrons. The van der Waals surface area contributed by atoms with E-state index < -0.39 is 0 Å². The zero-order valence-corrected chi connectivity index (χ0v) is 13.1. The lowest BCUT2D eigenvalue weighted by Gasteiger charge is -2.18. The second-order valence-electron chi connectivity index (χ2n) is 5.19. The van der Waals surface area contributed by atoms with Gasteiger partial charge in [-0.2, -0.15) is 0 Å². The first-order chi connectivity index (χ1) is 10.7. The summed E-state index contributed by atoms with van der Waals surface area (Å²) in [5.41, 5.74) is 1.88. The van der Waals surface area contributed by atoms with Gasteiger partial charge in [0, 0.05) is 44.3 Å². The average Bonchev–Trinajstić information content (AvgIpc) is 2.58. The minimum atomic E-state index is -0.0481. The molecule has 2 rings (SSSR count). The predicted octanol–water partition coefficient (Wildman–Crippen LogP) is 2.30. The van der Waals surface area contributed by atoms with Crippen molar-refractivity contribution in [2.75, 3.05) is 25.0 Å². The number of hydrogen-bond donors (Lipinski definition) is 1. The summed E-state index contributed by atoms with van der Waals surface area (Å²) in [6.45, 7) is 3.55. The number of aromatic nitrogens is 2. The van der Waals surface area contributed by atoms with Crippen LogP contribution in [0.2, 0.25) is 0 Å². The molecule has 0 spiro atoms. The molecule has 5 heteroatoms. The monoisotopic (exact) mass is 298 g/mol. The maximum absolute atomic E-state index is 12.0. The summed E-state index contributed by atoms with van der Waals surface area (Å²) >= 11 is 0. The van der Waals surface area contributed by atoms with Gasteiger partial charge in [-0.25, -0.2) is 4.98 Å². The summed E-state index contributed by atoms with van der Waals surface area (Å²) in [5.74, 6) is 0.756. The summed E-state index contributed by atoms with van der Waals surface area (Å²) in [5, 5.41) is 2.88. The van der Waals surface area contributed by atoms with Gasteiger partial charge in [-0.05, 0) is 42.7 Å². The van der Waals surface area contributed by atoms with E-state index in [9.17, 15) is 4.79 Å². The van der Waals surface area contributed by atoms with E-state index in [2.05, 4.69) is 20.2 Å². The molecule has 0 aliphatic rings. The molecule has 0 aliphatic carbocycles. The van der Waals surface area contributed by atoms with E-state index in [1.807, 2.05) is 32.2 Å². The lowest BCUT2D eigenvalue weighted by molar-refractivity contribution is 0.0953. The third-order valence-electron chi connectivity index (χ3n) is 3.42. The highest BCUT2D eigenvalue weighted by Crippen LogP contribution is 2.12. The lowest BCUT2D eigenvalue weighted by Crippen LogP contribution is -2.25. The summed E-state index contributed by atoms with van der Waals surface area (Å²) in [7, 11) is 1.98. The molecular weight excluding hydrogens is 276 g/mol. The number of anilines is 1. The molecular formula is C17H22N4O. The van der Waals surface area contributed by atoms with Crippen molar-refractivity contribution in [3.63, 3.8) is 0 Å². The molecule has 0 aliphatic heterocycles. The van der Waals surface area contributed by atoms with Crippen molar-refractivity contribution in [1.82, 2.24) is 15.3 Å². The third-order valence-corrected chi connectivity index (χ3v) is 3.42. The molecule has 22 heavy (non-hydrogen) atoms. The van der Waals surface area contributed by atoms with Crippen LogP contribution >= 0.6 is 0 Å². The first-order valence-electron chi connectivity index (χ1n) is 7.55. The molecule has 0 radical (unpaired) electrons. The van der Waals surface area contributed by atoms with Crippen molar-refractivity contribution in [2.45, 2.75) is 19.8 Å². The number of nitrogens with zero attached hydrogens (tertiary/aromatic N) is 3. The van der Waals surface area contributed by atoms with E-state index in [0.29, 0.717) is 12.1 Å². The van der Waals surface area contributed by atoms with Crippen LogP contribution in [-0.2, 0) is 6.42 Å². The van der Waals surface area contributed by atoms with Crippen LogP contribution in [0.3, 0.4) is 0 Å². The molecule has 0 bridgehead atoms. The Labute approximate surface area is 131 Å². The maximum Gasteiger partial charge on any atom is 0.251 e. The van der Waals surface area contributed by atoms with E-state index in [1.54, 1.807) is 24.7 Å². The Bertz CT molecular complexity index is 601. The second-order valence-corrected chi connectivity index (χ2v) is 5.19. The van der Waals surface area contributed by atoms with E-state index in [1.165, 1.54) is 5.56 Å². The number of pyridine rings is 2. The van der Waals surface area contributed by atoms with Gasteiger partial charge >= 0.3 is 0 Å². The van der Waals surface area contributed by atoms with Crippen molar-refractivity contribution >= 4 is 11.7 Å². The van der Waals surface area contributed by atoms with Gasteiger partial charge in [0.15, 0.2) is 0 Å². The molecule has 2 heterocycles. The fraction of sp³-hybridized carbons (Fsp3) is 0.353. The van der Waals surface area contributed by atoms with Crippen LogP contribution < -0.4 is 10.2 Å². The molecule has 0 saturated carbocycles. The van der Waals surface area contributed by atoms with E-state index in [-0.39, 0.29) is 5.91 Å². The van der Waals surface area contributed by atoms with E-state index in [0.717, 1.165) is 25.2 Å². The van der Waals surface area contributed by atoms with Crippen LogP contribution in [0, 0.1) is 0 Å². The molecule has 2 aromatic rings. The second kappa shape index (κ2) is 8.12. The van der Waals surface area contributed by atoms with Crippen LogP contribution in [0.15, 0.2) is 42.9 Å². The van der Waals surface area contributed by atoms with Crippen LogP contribution in [0.1, 0.15) is 29.3 Å². The van der Waals surface area contributed by atoms with Gasteiger partial charge in [0.25, 0.3) is 5.91 Å². The van der Waals surface area contributed by atoms with Gasteiger partial charge in [-0.15, -0.1) is 0 Å². The molecule has 5 nitrogen and oxygen atoms in total. The SMILES string of the molecule is CCCNC(=O)c1ccnc(N(C)CCc2ccncc2)c1. The Balaban J connectivity index is 1.97. The Morgan fingerprint density at radius 1 is 1.23 bits per heavy atom. The largest absolute Gasteiger partial charge is 0.359 e. The minimum Gasteiger partial charge on any atom is -0.359 e. The molecule has 1 amide bonds. The van der Waals surface area contributed by atoms with Crippen molar-refractivity contribution in [3.05, 3.63) is 54.0 Å². The highest BCUT2D eigenvalue weighted by Gasteiger charge is 2.08. The molecule has 0 fully saturated rings. The third kappa shape index (κ3) is 4.55. The van der Waals surface area contributed by atoms with Gasteiger partial charge < -0.3 is 10.2 Å². The number of hydrogen-bond acceptors (Lipinski definition) is 4. The van der Waals surface area contributed by atoms with Crippen molar-refractivity contribution in [3.8, 4) is 0 Å². The maximum atomic E-state index is 12.0. The number of amides is 1. The number of nitrogens with one attached hydrogen (secondary N) is 1. The average molecular weight is 298 g/mol. The first kappa shape index (κ1) is 15.9. The Morgan fingerprint density at radius 3 is 2.73 bits per heavy atom. The molecule has 0 saturated heterocycles. The van der Waals surface area contributed by atoms with Gasteiger partial charge in [0.2, 0.25) is 0 Å². The van der Waals surface area contributed by atoms with Crippen LogP contribution in [0.25, 0.3) is 0 Å². The quantitative estimate of drug-likeness (QED) is 0.852. The zero-order chi connectivity index (χ0) is 15.8. The van der Waals surface area contributed by atoms with E-state index in [4.69, 9.17) is 0 Å².